The van der Waals surface area contributed by atoms with Gasteiger partial charge in [-0.2, -0.15) is 0 Å². The van der Waals surface area contributed by atoms with Crippen molar-refractivity contribution in [2.45, 2.75) is 25.9 Å². The molecule has 0 aliphatic carbocycles. The van der Waals surface area contributed by atoms with Crippen molar-refractivity contribution in [1.82, 2.24) is 0 Å². The summed E-state index contributed by atoms with van der Waals surface area (Å²) in [6, 6.07) is 14.1. The third-order valence-corrected chi connectivity index (χ3v) is 3.74. The number of ether oxygens (including phenoxy) is 1. The number of aliphatic hydroxyl groups is 1. The fourth-order valence-corrected chi connectivity index (χ4v) is 2.57. The molecule has 1 aliphatic rings. The zero-order valence-electron chi connectivity index (χ0n) is 11.1. The summed E-state index contributed by atoms with van der Waals surface area (Å²) < 4.78 is 5.66. The van der Waals surface area contributed by atoms with Gasteiger partial charge in [0.25, 0.3) is 0 Å². The first-order chi connectivity index (χ1) is 9.29. The molecule has 0 spiro atoms. The third-order valence-electron chi connectivity index (χ3n) is 3.74. The van der Waals surface area contributed by atoms with Crippen LogP contribution in [-0.4, -0.2) is 11.7 Å². The first-order valence-electron chi connectivity index (χ1n) is 6.81. The summed E-state index contributed by atoms with van der Waals surface area (Å²) in [5.74, 6) is 0.870. The molecule has 0 fully saturated rings. The smallest absolute Gasteiger partial charge is 0.128 e. The number of benzene rings is 2. The van der Waals surface area contributed by atoms with Gasteiger partial charge in [0, 0.05) is 12.0 Å². The molecule has 98 valence electrons. The summed E-state index contributed by atoms with van der Waals surface area (Å²) >= 11 is 0. The highest BCUT2D eigenvalue weighted by atomic mass is 16.5. The van der Waals surface area contributed by atoms with E-state index >= 15 is 0 Å². The standard InChI is InChI=1S/C17H18O2/c1-2-12-6-8-13(9-7-12)16(18)15-5-3-4-14-10-11-19-17(14)15/h3-9,16,18H,2,10-11H2,1H3. The molecule has 0 aromatic heterocycles. The average Bonchev–Trinajstić information content (AvgIpc) is 2.95. The van der Waals surface area contributed by atoms with Crippen molar-refractivity contribution in [2.24, 2.45) is 0 Å². The van der Waals surface area contributed by atoms with Gasteiger partial charge >= 0.3 is 0 Å². The molecule has 0 bridgehead atoms. The lowest BCUT2D eigenvalue weighted by Gasteiger charge is -2.15. The van der Waals surface area contributed by atoms with Crippen LogP contribution in [0.1, 0.15) is 35.3 Å². The first kappa shape index (κ1) is 12.2. The molecule has 1 unspecified atom stereocenters. The number of hydrogen-bond acceptors (Lipinski definition) is 2. The number of rotatable bonds is 3. The molecule has 1 atom stereocenters. The van der Waals surface area contributed by atoms with Gasteiger partial charge in [-0.15, -0.1) is 0 Å². The van der Waals surface area contributed by atoms with Crippen LogP contribution in [0.2, 0.25) is 0 Å². The van der Waals surface area contributed by atoms with Crippen molar-refractivity contribution >= 4 is 0 Å². The lowest BCUT2D eigenvalue weighted by molar-refractivity contribution is 0.213. The summed E-state index contributed by atoms with van der Waals surface area (Å²) in [7, 11) is 0. The summed E-state index contributed by atoms with van der Waals surface area (Å²) in [5.41, 5.74) is 4.27. The molecule has 0 amide bonds. The van der Waals surface area contributed by atoms with Crippen molar-refractivity contribution in [1.29, 1.82) is 0 Å². The maximum absolute atomic E-state index is 10.5. The number of aryl methyl sites for hydroxylation is 1. The van der Waals surface area contributed by atoms with Crippen LogP contribution in [0, 0.1) is 0 Å². The van der Waals surface area contributed by atoms with Crippen LogP contribution in [0.25, 0.3) is 0 Å². The minimum Gasteiger partial charge on any atom is -0.493 e. The summed E-state index contributed by atoms with van der Waals surface area (Å²) in [6.45, 7) is 2.84. The maximum Gasteiger partial charge on any atom is 0.128 e. The van der Waals surface area contributed by atoms with E-state index in [2.05, 4.69) is 25.1 Å². The van der Waals surface area contributed by atoms with Crippen molar-refractivity contribution in [2.75, 3.05) is 6.61 Å². The van der Waals surface area contributed by atoms with E-state index in [0.717, 1.165) is 29.7 Å². The molecule has 1 N–H and O–H groups in total. The fraction of sp³-hybridized carbons (Fsp3) is 0.294. The van der Waals surface area contributed by atoms with Crippen molar-refractivity contribution < 1.29 is 9.84 Å². The molecule has 1 aliphatic heterocycles. The van der Waals surface area contributed by atoms with E-state index in [1.807, 2.05) is 24.3 Å². The van der Waals surface area contributed by atoms with Crippen LogP contribution >= 0.6 is 0 Å². The minimum atomic E-state index is -0.612. The van der Waals surface area contributed by atoms with E-state index in [9.17, 15) is 5.11 Å². The molecule has 2 aromatic carbocycles. The van der Waals surface area contributed by atoms with Crippen molar-refractivity contribution in [3.63, 3.8) is 0 Å². The van der Waals surface area contributed by atoms with E-state index in [4.69, 9.17) is 4.74 Å². The lowest BCUT2D eigenvalue weighted by Crippen LogP contribution is -2.02. The Hall–Kier alpha value is -1.80. The Morgan fingerprint density at radius 1 is 1.16 bits per heavy atom. The highest BCUT2D eigenvalue weighted by Gasteiger charge is 2.21. The second-order valence-electron chi connectivity index (χ2n) is 4.93. The normalized spacial score (nSPS) is 14.8. The maximum atomic E-state index is 10.5. The van der Waals surface area contributed by atoms with Gasteiger partial charge in [0.1, 0.15) is 11.9 Å². The van der Waals surface area contributed by atoms with Gasteiger partial charge < -0.3 is 9.84 Å². The number of para-hydroxylation sites is 1. The zero-order valence-corrected chi connectivity index (χ0v) is 11.1. The molecule has 0 saturated heterocycles. The van der Waals surface area contributed by atoms with E-state index < -0.39 is 6.10 Å². The minimum absolute atomic E-state index is 0.612. The van der Waals surface area contributed by atoms with Crippen LogP contribution in [-0.2, 0) is 12.8 Å². The topological polar surface area (TPSA) is 29.5 Å². The fourth-order valence-electron chi connectivity index (χ4n) is 2.57. The Bertz CT molecular complexity index is 572. The van der Waals surface area contributed by atoms with Crippen molar-refractivity contribution in [3.05, 3.63) is 64.7 Å². The second kappa shape index (κ2) is 5.06. The number of aliphatic hydroxyl groups excluding tert-OH is 1. The summed E-state index contributed by atoms with van der Waals surface area (Å²) in [6.07, 6.45) is 1.34. The number of hydrogen-bond donors (Lipinski definition) is 1. The molecule has 0 saturated carbocycles. The summed E-state index contributed by atoms with van der Waals surface area (Å²) in [4.78, 5) is 0. The van der Waals surface area contributed by atoms with Crippen molar-refractivity contribution in [3.8, 4) is 5.75 Å². The van der Waals surface area contributed by atoms with Gasteiger partial charge in [-0.05, 0) is 23.1 Å². The monoisotopic (exact) mass is 254 g/mol. The Morgan fingerprint density at radius 3 is 2.68 bits per heavy atom. The Morgan fingerprint density at radius 2 is 1.95 bits per heavy atom. The average molecular weight is 254 g/mol. The van der Waals surface area contributed by atoms with E-state index in [1.165, 1.54) is 11.1 Å². The molecular weight excluding hydrogens is 236 g/mol. The van der Waals surface area contributed by atoms with Gasteiger partial charge in [-0.3, -0.25) is 0 Å². The van der Waals surface area contributed by atoms with Crippen LogP contribution in [0.15, 0.2) is 42.5 Å². The molecule has 19 heavy (non-hydrogen) atoms. The Kier molecular flexibility index (Phi) is 3.26. The van der Waals surface area contributed by atoms with E-state index in [0.29, 0.717) is 6.61 Å². The lowest BCUT2D eigenvalue weighted by atomic mass is 9.97. The van der Waals surface area contributed by atoms with Gasteiger partial charge in [0.15, 0.2) is 0 Å². The van der Waals surface area contributed by atoms with Gasteiger partial charge in [-0.1, -0.05) is 49.4 Å². The van der Waals surface area contributed by atoms with Crippen LogP contribution in [0.4, 0.5) is 0 Å². The molecule has 3 rings (SSSR count). The zero-order chi connectivity index (χ0) is 13.2. The van der Waals surface area contributed by atoms with Crippen LogP contribution in [0.5, 0.6) is 5.75 Å². The van der Waals surface area contributed by atoms with Crippen LogP contribution < -0.4 is 4.74 Å². The second-order valence-corrected chi connectivity index (χ2v) is 4.93. The molecular formula is C17H18O2. The largest absolute Gasteiger partial charge is 0.493 e. The molecule has 2 heteroatoms. The van der Waals surface area contributed by atoms with Gasteiger partial charge in [0.05, 0.1) is 6.61 Å². The summed E-state index contributed by atoms with van der Waals surface area (Å²) in [5, 5.41) is 10.5. The quantitative estimate of drug-likeness (QED) is 0.911. The predicted molar refractivity (Wildman–Crippen MR) is 75.5 cm³/mol. The first-order valence-corrected chi connectivity index (χ1v) is 6.81. The van der Waals surface area contributed by atoms with E-state index in [1.54, 1.807) is 0 Å². The van der Waals surface area contributed by atoms with Crippen LogP contribution in [0.3, 0.4) is 0 Å². The van der Waals surface area contributed by atoms with E-state index in [-0.39, 0.29) is 0 Å². The molecule has 1 heterocycles. The Balaban J connectivity index is 1.95. The molecule has 2 nitrogen and oxygen atoms in total. The SMILES string of the molecule is CCc1ccc(C(O)c2cccc3c2OCC3)cc1. The van der Waals surface area contributed by atoms with Gasteiger partial charge in [-0.25, -0.2) is 0 Å². The third kappa shape index (κ3) is 2.24. The predicted octanol–water partition coefficient (Wildman–Crippen LogP) is 3.27. The van der Waals surface area contributed by atoms with Gasteiger partial charge in [0.2, 0.25) is 0 Å². The Labute approximate surface area is 113 Å². The number of fused-ring (bicyclic) bond motifs is 1. The molecule has 0 radical (unpaired) electrons. The highest BCUT2D eigenvalue weighted by molar-refractivity contribution is 5.48. The highest BCUT2D eigenvalue weighted by Crippen LogP contribution is 2.36. The molecule has 2 aromatic rings.